The molecule has 0 fully saturated rings. The number of hydrogen-bond donors (Lipinski definition) is 2. The maximum absolute atomic E-state index is 12.6. The van der Waals surface area contributed by atoms with E-state index in [1.807, 2.05) is 19.1 Å². The lowest BCUT2D eigenvalue weighted by Gasteiger charge is -2.09. The number of amides is 1. The first-order valence-corrected chi connectivity index (χ1v) is 11.6. The van der Waals surface area contributed by atoms with E-state index in [0.29, 0.717) is 16.3 Å². The van der Waals surface area contributed by atoms with Crippen molar-refractivity contribution in [3.05, 3.63) is 95.0 Å². The molecule has 2 N–H and O–H groups in total. The second-order valence-electron chi connectivity index (χ2n) is 6.93. The summed E-state index contributed by atoms with van der Waals surface area (Å²) in [5, 5.41) is 10.8. The SMILES string of the molecule is CC(=NOC(=O)Nc1cccc(Cl)c1)C(=NNS(=O)(=O)c1ccccc1)c1ccc(C)cc1. The highest BCUT2D eigenvalue weighted by Crippen LogP contribution is 2.15. The number of nitrogens with one attached hydrogen (secondary N) is 2. The van der Waals surface area contributed by atoms with Gasteiger partial charge in [0.25, 0.3) is 10.0 Å². The van der Waals surface area contributed by atoms with E-state index in [-0.39, 0.29) is 16.3 Å². The highest BCUT2D eigenvalue weighted by Gasteiger charge is 2.15. The highest BCUT2D eigenvalue weighted by molar-refractivity contribution is 7.89. The molecule has 0 unspecified atom stereocenters. The predicted octanol–water partition coefficient (Wildman–Crippen LogP) is 4.96. The van der Waals surface area contributed by atoms with Gasteiger partial charge in [-0.2, -0.15) is 18.4 Å². The Bertz CT molecular complexity index is 1290. The molecule has 0 aliphatic rings. The molecule has 0 atom stereocenters. The molecule has 0 spiro atoms. The Kier molecular flexibility index (Phi) is 7.81. The summed E-state index contributed by atoms with van der Waals surface area (Å²) in [6, 6.07) is 21.6. The third kappa shape index (κ3) is 6.90. The molecular formula is C23H21ClN4O4S. The van der Waals surface area contributed by atoms with E-state index in [4.69, 9.17) is 16.4 Å². The number of sulfonamides is 1. The first-order chi connectivity index (χ1) is 15.7. The van der Waals surface area contributed by atoms with Gasteiger partial charge in [-0.3, -0.25) is 10.2 Å². The Morgan fingerprint density at radius 1 is 0.970 bits per heavy atom. The molecule has 3 rings (SSSR count). The van der Waals surface area contributed by atoms with Crippen LogP contribution in [0.15, 0.2) is 94.0 Å². The second kappa shape index (κ2) is 10.8. The fraction of sp³-hybridized carbons (Fsp3) is 0.0870. The Labute approximate surface area is 197 Å². The first kappa shape index (κ1) is 24.0. The standard InChI is InChI=1S/C23H21ClN4O4S/c1-16-11-13-18(14-12-16)22(26-28-33(30,31)21-9-4-3-5-10-21)17(2)27-32-23(29)25-20-8-6-7-19(24)15-20/h3-15,28H,1-2H3,(H,25,29). The van der Waals surface area contributed by atoms with Gasteiger partial charge in [0, 0.05) is 16.3 Å². The molecule has 1 amide bonds. The molecule has 0 bridgehead atoms. The molecule has 170 valence electrons. The molecule has 3 aromatic carbocycles. The zero-order valence-corrected chi connectivity index (χ0v) is 19.4. The second-order valence-corrected chi connectivity index (χ2v) is 9.02. The molecule has 33 heavy (non-hydrogen) atoms. The summed E-state index contributed by atoms with van der Waals surface area (Å²) in [6.07, 6.45) is -0.843. The lowest BCUT2D eigenvalue weighted by atomic mass is 10.1. The topological polar surface area (TPSA) is 109 Å². The number of benzene rings is 3. The zero-order valence-electron chi connectivity index (χ0n) is 17.8. The van der Waals surface area contributed by atoms with Crippen LogP contribution in [0.2, 0.25) is 5.02 Å². The van der Waals surface area contributed by atoms with Gasteiger partial charge in [0.05, 0.1) is 4.90 Å². The molecule has 0 saturated heterocycles. The van der Waals surface area contributed by atoms with E-state index >= 15 is 0 Å². The van der Waals surface area contributed by atoms with Crippen LogP contribution in [0.3, 0.4) is 0 Å². The average molecular weight is 485 g/mol. The molecule has 10 heteroatoms. The van der Waals surface area contributed by atoms with Gasteiger partial charge in [0.15, 0.2) is 0 Å². The number of rotatable bonds is 7. The van der Waals surface area contributed by atoms with Crippen LogP contribution in [0.25, 0.3) is 0 Å². The Balaban J connectivity index is 1.83. The van der Waals surface area contributed by atoms with Crippen molar-refractivity contribution in [2.75, 3.05) is 5.32 Å². The normalized spacial score (nSPS) is 12.2. The maximum atomic E-state index is 12.6. The van der Waals surface area contributed by atoms with Gasteiger partial charge in [-0.25, -0.2) is 4.79 Å². The van der Waals surface area contributed by atoms with E-state index in [0.717, 1.165) is 5.56 Å². The predicted molar refractivity (Wildman–Crippen MR) is 129 cm³/mol. The number of carbonyl (C=O) groups excluding carboxylic acids is 1. The van der Waals surface area contributed by atoms with Crippen LogP contribution in [0, 0.1) is 6.92 Å². The quantitative estimate of drug-likeness (QED) is 0.280. The van der Waals surface area contributed by atoms with Gasteiger partial charge in [0.2, 0.25) is 0 Å². The summed E-state index contributed by atoms with van der Waals surface area (Å²) < 4.78 is 25.2. The van der Waals surface area contributed by atoms with Crippen molar-refractivity contribution < 1.29 is 18.0 Å². The van der Waals surface area contributed by atoms with Crippen LogP contribution in [0.1, 0.15) is 18.1 Å². The fourth-order valence-corrected chi connectivity index (χ4v) is 3.71. The van der Waals surface area contributed by atoms with Crippen LogP contribution in [0.4, 0.5) is 10.5 Å². The highest BCUT2D eigenvalue weighted by atomic mass is 35.5. The Morgan fingerprint density at radius 2 is 1.67 bits per heavy atom. The molecule has 0 aromatic heterocycles. The summed E-state index contributed by atoms with van der Waals surface area (Å²) >= 11 is 5.90. The number of oxime groups is 1. The minimum Gasteiger partial charge on any atom is -0.297 e. The van der Waals surface area contributed by atoms with Crippen LogP contribution in [-0.4, -0.2) is 25.9 Å². The van der Waals surface area contributed by atoms with Crippen molar-refractivity contribution in [2.45, 2.75) is 18.7 Å². The third-order valence-corrected chi connectivity index (χ3v) is 5.79. The van der Waals surface area contributed by atoms with Crippen LogP contribution >= 0.6 is 11.6 Å². The van der Waals surface area contributed by atoms with E-state index in [9.17, 15) is 13.2 Å². The third-order valence-electron chi connectivity index (χ3n) is 4.34. The van der Waals surface area contributed by atoms with Crippen LogP contribution in [0.5, 0.6) is 0 Å². The van der Waals surface area contributed by atoms with Crippen molar-refractivity contribution in [3.63, 3.8) is 0 Å². The maximum Gasteiger partial charge on any atom is 0.437 e. The smallest absolute Gasteiger partial charge is 0.297 e. The number of hydrazone groups is 1. The molecule has 0 heterocycles. The Morgan fingerprint density at radius 3 is 2.33 bits per heavy atom. The summed E-state index contributed by atoms with van der Waals surface area (Å²) in [5.41, 5.74) is 2.38. The van der Waals surface area contributed by atoms with E-state index < -0.39 is 16.1 Å². The van der Waals surface area contributed by atoms with Crippen LogP contribution < -0.4 is 10.1 Å². The van der Waals surface area contributed by atoms with E-state index in [1.54, 1.807) is 61.5 Å². The van der Waals surface area contributed by atoms with Crippen molar-refractivity contribution >= 4 is 44.8 Å². The summed E-state index contributed by atoms with van der Waals surface area (Å²) in [4.78, 5) is 19.3. The molecular weight excluding hydrogens is 464 g/mol. The molecule has 0 radical (unpaired) electrons. The molecule has 8 nitrogen and oxygen atoms in total. The van der Waals surface area contributed by atoms with Gasteiger partial charge >= 0.3 is 6.09 Å². The average Bonchev–Trinajstić information content (AvgIpc) is 2.79. The number of anilines is 1. The largest absolute Gasteiger partial charge is 0.437 e. The van der Waals surface area contributed by atoms with Gasteiger partial charge in [-0.15, -0.1) is 0 Å². The summed E-state index contributed by atoms with van der Waals surface area (Å²) in [7, 11) is -3.91. The molecule has 3 aromatic rings. The minimum absolute atomic E-state index is 0.0590. The monoisotopic (exact) mass is 484 g/mol. The van der Waals surface area contributed by atoms with Gasteiger partial charge in [0.1, 0.15) is 11.4 Å². The first-order valence-electron chi connectivity index (χ1n) is 9.75. The lowest BCUT2D eigenvalue weighted by molar-refractivity contribution is 0.166. The van der Waals surface area contributed by atoms with Gasteiger partial charge < -0.3 is 0 Å². The van der Waals surface area contributed by atoms with Crippen molar-refractivity contribution in [1.82, 2.24) is 4.83 Å². The number of nitrogens with zero attached hydrogens (tertiary/aromatic N) is 2. The van der Waals surface area contributed by atoms with Gasteiger partial charge in [-0.05, 0) is 44.2 Å². The fourth-order valence-electron chi connectivity index (χ4n) is 2.68. The molecule has 0 saturated carbocycles. The lowest BCUT2D eigenvalue weighted by Crippen LogP contribution is -2.24. The van der Waals surface area contributed by atoms with Crippen molar-refractivity contribution in [1.29, 1.82) is 0 Å². The van der Waals surface area contributed by atoms with Crippen molar-refractivity contribution in [2.24, 2.45) is 10.3 Å². The van der Waals surface area contributed by atoms with Crippen molar-refractivity contribution in [3.8, 4) is 0 Å². The molecule has 0 aliphatic carbocycles. The molecule has 0 aliphatic heterocycles. The summed E-state index contributed by atoms with van der Waals surface area (Å²) in [6.45, 7) is 3.46. The minimum atomic E-state index is -3.91. The van der Waals surface area contributed by atoms with Gasteiger partial charge in [-0.1, -0.05) is 70.9 Å². The number of halogens is 1. The zero-order chi connectivity index (χ0) is 23.8. The number of carbonyl (C=O) groups is 1. The summed E-state index contributed by atoms with van der Waals surface area (Å²) in [5.74, 6) is 0. The van der Waals surface area contributed by atoms with E-state index in [1.165, 1.54) is 12.1 Å². The van der Waals surface area contributed by atoms with E-state index in [2.05, 4.69) is 20.4 Å². The van der Waals surface area contributed by atoms with Crippen LogP contribution in [-0.2, 0) is 14.9 Å². The number of aryl methyl sites for hydroxylation is 1. The Hall–Kier alpha value is -3.69. The number of hydrogen-bond acceptors (Lipinski definition) is 6.